The Hall–Kier alpha value is -2.92. The highest BCUT2D eigenvalue weighted by atomic mass is 35.5. The van der Waals surface area contributed by atoms with Crippen LogP contribution in [-0.4, -0.2) is 47.0 Å². The first-order valence-electron chi connectivity index (χ1n) is 9.72. The summed E-state index contributed by atoms with van der Waals surface area (Å²) in [7, 11) is 0. The molecular weight excluding hydrogens is 448 g/mol. The molecule has 0 N–H and O–H groups in total. The monoisotopic (exact) mass is 464 g/mol. The number of hydrogen-bond donors (Lipinski definition) is 0. The molecular formula is C23H17ClN4OS2. The number of rotatable bonds is 3. The molecule has 5 rings (SSSR count). The summed E-state index contributed by atoms with van der Waals surface area (Å²) in [6.45, 7) is 2.64. The molecule has 0 aliphatic carbocycles. The molecule has 4 aromatic rings. The normalized spacial score (nSPS) is 14.1. The van der Waals surface area contributed by atoms with Gasteiger partial charge in [-0.1, -0.05) is 29.8 Å². The largest absolute Gasteiger partial charge is 0.367 e. The number of piperazine rings is 1. The zero-order valence-corrected chi connectivity index (χ0v) is 18.8. The molecule has 0 atom stereocenters. The van der Waals surface area contributed by atoms with Crippen molar-refractivity contribution in [1.29, 1.82) is 0 Å². The summed E-state index contributed by atoms with van der Waals surface area (Å²) in [6.07, 6.45) is 5.36. The third kappa shape index (κ3) is 3.79. The van der Waals surface area contributed by atoms with E-state index in [2.05, 4.69) is 39.0 Å². The fourth-order valence-electron chi connectivity index (χ4n) is 3.80. The van der Waals surface area contributed by atoms with Crippen LogP contribution in [0.25, 0.3) is 21.3 Å². The number of terminal acetylenes is 1. The van der Waals surface area contributed by atoms with Crippen LogP contribution in [0.1, 0.15) is 15.5 Å². The maximum Gasteiger partial charge on any atom is 0.273 e. The van der Waals surface area contributed by atoms with Crippen molar-refractivity contribution >= 4 is 56.1 Å². The van der Waals surface area contributed by atoms with E-state index in [4.69, 9.17) is 18.0 Å². The van der Waals surface area contributed by atoms with E-state index in [-0.39, 0.29) is 5.91 Å². The topological polar surface area (TPSA) is 49.3 Å². The first kappa shape index (κ1) is 20.0. The molecule has 154 valence electrons. The molecule has 1 saturated heterocycles. The maximum absolute atomic E-state index is 12.7. The van der Waals surface area contributed by atoms with Gasteiger partial charge in [0.2, 0.25) is 0 Å². The second kappa shape index (κ2) is 8.31. The van der Waals surface area contributed by atoms with Crippen LogP contribution in [0.3, 0.4) is 0 Å². The number of amides is 1. The van der Waals surface area contributed by atoms with Gasteiger partial charge in [0.05, 0.1) is 26.4 Å². The molecule has 0 radical (unpaired) electrons. The van der Waals surface area contributed by atoms with Crippen molar-refractivity contribution in [2.24, 2.45) is 0 Å². The van der Waals surface area contributed by atoms with Crippen LogP contribution in [0, 0.1) is 12.3 Å². The van der Waals surface area contributed by atoms with Crippen molar-refractivity contribution in [2.45, 2.75) is 0 Å². The zero-order valence-electron chi connectivity index (χ0n) is 16.4. The molecule has 1 aliphatic rings. The lowest BCUT2D eigenvalue weighted by atomic mass is 10.0. The van der Waals surface area contributed by atoms with Gasteiger partial charge >= 0.3 is 0 Å². The average Bonchev–Trinajstić information content (AvgIpc) is 3.48. The molecule has 5 nitrogen and oxygen atoms in total. The summed E-state index contributed by atoms with van der Waals surface area (Å²) in [6, 6.07) is 12.3. The molecule has 0 saturated carbocycles. The molecule has 0 spiro atoms. The molecule has 2 aromatic heterocycles. The summed E-state index contributed by atoms with van der Waals surface area (Å²) in [5.74, 6) is 2.40. The van der Waals surface area contributed by atoms with Crippen molar-refractivity contribution in [3.63, 3.8) is 0 Å². The highest BCUT2D eigenvalue weighted by Crippen LogP contribution is 2.36. The minimum Gasteiger partial charge on any atom is -0.367 e. The Morgan fingerprint density at radius 2 is 1.97 bits per heavy atom. The van der Waals surface area contributed by atoms with Crippen molar-refractivity contribution in [3.05, 3.63) is 63.0 Å². The van der Waals surface area contributed by atoms with E-state index in [1.807, 2.05) is 28.6 Å². The Bertz CT molecular complexity index is 1310. The van der Waals surface area contributed by atoms with Crippen LogP contribution in [0.2, 0.25) is 5.02 Å². The Kier molecular flexibility index (Phi) is 5.36. The summed E-state index contributed by atoms with van der Waals surface area (Å²) in [5.41, 5.74) is 6.48. The van der Waals surface area contributed by atoms with Crippen molar-refractivity contribution in [1.82, 2.24) is 14.9 Å². The van der Waals surface area contributed by atoms with Gasteiger partial charge in [-0.3, -0.25) is 4.79 Å². The van der Waals surface area contributed by atoms with Crippen LogP contribution >= 0.6 is 34.3 Å². The number of carbonyl (C=O) groups excluding carboxylic acids is 1. The molecule has 31 heavy (non-hydrogen) atoms. The van der Waals surface area contributed by atoms with Crippen molar-refractivity contribution in [3.8, 4) is 23.5 Å². The van der Waals surface area contributed by atoms with Crippen LogP contribution < -0.4 is 4.90 Å². The average molecular weight is 465 g/mol. The number of anilines is 1. The predicted octanol–water partition coefficient (Wildman–Crippen LogP) is 5.02. The van der Waals surface area contributed by atoms with Gasteiger partial charge in [0.25, 0.3) is 5.91 Å². The smallest absolute Gasteiger partial charge is 0.273 e. The molecule has 1 amide bonds. The Morgan fingerprint density at radius 3 is 2.71 bits per heavy atom. The molecule has 1 aliphatic heterocycles. The number of aromatic nitrogens is 2. The van der Waals surface area contributed by atoms with Gasteiger partial charge < -0.3 is 9.80 Å². The fraction of sp³-hybridized carbons (Fsp3) is 0.174. The zero-order chi connectivity index (χ0) is 21.4. The lowest BCUT2D eigenvalue weighted by molar-refractivity contribution is 0.0741. The van der Waals surface area contributed by atoms with Gasteiger partial charge in [-0.15, -0.1) is 29.1 Å². The van der Waals surface area contributed by atoms with Crippen LogP contribution in [0.5, 0.6) is 0 Å². The van der Waals surface area contributed by atoms with Gasteiger partial charge in [0.15, 0.2) is 5.01 Å². The number of carbonyl (C=O) groups is 1. The maximum atomic E-state index is 12.7. The molecule has 1 fully saturated rings. The van der Waals surface area contributed by atoms with E-state index in [1.54, 1.807) is 16.7 Å². The Labute approximate surface area is 192 Å². The third-order valence-corrected chi connectivity index (χ3v) is 7.32. The predicted molar refractivity (Wildman–Crippen MR) is 128 cm³/mol. The van der Waals surface area contributed by atoms with E-state index in [9.17, 15) is 4.79 Å². The van der Waals surface area contributed by atoms with Crippen LogP contribution in [-0.2, 0) is 0 Å². The lowest BCUT2D eigenvalue weighted by Gasteiger charge is -2.36. The van der Waals surface area contributed by atoms with Crippen molar-refractivity contribution in [2.75, 3.05) is 31.1 Å². The minimum absolute atomic E-state index is 0.0727. The van der Waals surface area contributed by atoms with E-state index in [0.29, 0.717) is 41.9 Å². The minimum atomic E-state index is -0.0727. The molecule has 2 aromatic carbocycles. The van der Waals surface area contributed by atoms with E-state index < -0.39 is 0 Å². The van der Waals surface area contributed by atoms with Gasteiger partial charge in [-0.25, -0.2) is 9.97 Å². The highest BCUT2D eigenvalue weighted by molar-refractivity contribution is 7.17. The molecule has 0 bridgehead atoms. The van der Waals surface area contributed by atoms with E-state index >= 15 is 0 Å². The van der Waals surface area contributed by atoms with Gasteiger partial charge in [0.1, 0.15) is 5.69 Å². The second-order valence-corrected chi connectivity index (χ2v) is 9.25. The summed E-state index contributed by atoms with van der Waals surface area (Å²) in [4.78, 5) is 25.3. The van der Waals surface area contributed by atoms with Gasteiger partial charge in [-0.2, -0.15) is 0 Å². The summed E-state index contributed by atoms with van der Waals surface area (Å²) in [5, 5.41) is 2.96. The summed E-state index contributed by atoms with van der Waals surface area (Å²) < 4.78 is 1.16. The lowest BCUT2D eigenvalue weighted by Crippen LogP contribution is -2.49. The first-order valence-corrected chi connectivity index (χ1v) is 11.9. The Balaban J connectivity index is 1.31. The van der Waals surface area contributed by atoms with Crippen LogP contribution in [0.15, 0.2) is 47.3 Å². The third-order valence-electron chi connectivity index (χ3n) is 5.37. The molecule has 3 heterocycles. The van der Waals surface area contributed by atoms with E-state index in [0.717, 1.165) is 27.0 Å². The quantitative estimate of drug-likeness (QED) is 0.399. The molecule has 8 heteroatoms. The number of hydrogen-bond acceptors (Lipinski definition) is 6. The van der Waals surface area contributed by atoms with Gasteiger partial charge in [-0.05, 0) is 29.7 Å². The first-order chi connectivity index (χ1) is 15.1. The number of benzene rings is 2. The highest BCUT2D eigenvalue weighted by Gasteiger charge is 2.25. The van der Waals surface area contributed by atoms with Crippen LogP contribution in [0.4, 0.5) is 5.69 Å². The van der Waals surface area contributed by atoms with E-state index in [1.165, 1.54) is 11.3 Å². The Morgan fingerprint density at radius 1 is 1.13 bits per heavy atom. The van der Waals surface area contributed by atoms with Gasteiger partial charge in [0, 0.05) is 37.1 Å². The SMILES string of the molecule is C#Cc1nc(C(=O)N2CCN(c3ccc(-c4cccc5ncsc45)cc3Cl)CC2)cs1. The number of nitrogens with zero attached hydrogens (tertiary/aromatic N) is 4. The fourth-order valence-corrected chi connectivity index (χ4v) is 5.52. The number of thiazole rings is 2. The molecule has 0 unspecified atom stereocenters. The standard InChI is InChI=1S/C23H17ClN4OS2/c1-2-21-26-19(13-30-21)23(29)28-10-8-27(9-11-28)20-7-6-15(12-17(20)24)16-4-3-5-18-22(16)31-14-25-18/h1,3-7,12-14H,8-11H2. The van der Waals surface area contributed by atoms with Crippen molar-refractivity contribution < 1.29 is 4.79 Å². The summed E-state index contributed by atoms with van der Waals surface area (Å²) >= 11 is 9.64. The second-order valence-electron chi connectivity index (χ2n) is 7.13. The number of fused-ring (bicyclic) bond motifs is 1. The number of halogens is 1.